The lowest BCUT2D eigenvalue weighted by Gasteiger charge is -2.21. The number of aliphatic hydroxyl groups excluding tert-OH is 1. The molecule has 0 aromatic rings. The van der Waals surface area contributed by atoms with Crippen LogP contribution >= 0.6 is 7.82 Å². The van der Waals surface area contributed by atoms with Gasteiger partial charge in [-0.2, -0.15) is 0 Å². The van der Waals surface area contributed by atoms with Crippen molar-refractivity contribution in [3.8, 4) is 0 Å². The zero-order valence-electron chi connectivity index (χ0n) is 54.1. The number of esters is 3. The first kappa shape index (κ1) is 80.7. The quantitative estimate of drug-likeness (QED) is 0.0197. The molecule has 486 valence electrons. The summed E-state index contributed by atoms with van der Waals surface area (Å²) in [5.74, 6) is -1.47. The zero-order chi connectivity index (χ0) is 61.2. The van der Waals surface area contributed by atoms with Gasteiger partial charge in [-0.05, 0) is 116 Å². The van der Waals surface area contributed by atoms with Crippen LogP contribution in [0.25, 0.3) is 0 Å². The Kier molecular flexibility index (Phi) is 63.0. The number of ether oxygens (including phenoxy) is 3. The van der Waals surface area contributed by atoms with E-state index in [0.717, 1.165) is 116 Å². The van der Waals surface area contributed by atoms with Gasteiger partial charge in [0.1, 0.15) is 12.7 Å². The van der Waals surface area contributed by atoms with Gasteiger partial charge in [0.25, 0.3) is 0 Å². The second-order valence-corrected chi connectivity index (χ2v) is 24.4. The van der Waals surface area contributed by atoms with Gasteiger partial charge < -0.3 is 24.2 Å². The van der Waals surface area contributed by atoms with E-state index >= 15 is 0 Å². The van der Waals surface area contributed by atoms with Gasteiger partial charge in [-0.25, -0.2) is 4.57 Å². The smallest absolute Gasteiger partial charge is 0.462 e. The first-order valence-corrected chi connectivity index (χ1v) is 36.0. The Morgan fingerprint density at radius 1 is 0.345 bits per heavy atom. The third kappa shape index (κ3) is 63.2. The average molecular weight is 1200 g/mol. The summed E-state index contributed by atoms with van der Waals surface area (Å²) in [4.78, 5) is 48.9. The van der Waals surface area contributed by atoms with Crippen molar-refractivity contribution in [1.29, 1.82) is 0 Å². The van der Waals surface area contributed by atoms with Crippen molar-refractivity contribution in [1.82, 2.24) is 0 Å². The Balaban J connectivity index is 4.70. The lowest BCUT2D eigenvalue weighted by molar-refractivity contribution is -0.161. The Hall–Kier alpha value is -3.34. The molecule has 12 heteroatoms. The maximum atomic E-state index is 13.0. The highest BCUT2D eigenvalue weighted by molar-refractivity contribution is 7.47. The maximum absolute atomic E-state index is 13.0. The van der Waals surface area contributed by atoms with Crippen molar-refractivity contribution >= 4 is 25.7 Å². The van der Waals surface area contributed by atoms with Crippen LogP contribution in [-0.2, 0) is 42.2 Å². The van der Waals surface area contributed by atoms with Gasteiger partial charge in [0.05, 0.1) is 19.8 Å². The van der Waals surface area contributed by atoms with Crippen LogP contribution in [0.15, 0.2) is 85.1 Å². The van der Waals surface area contributed by atoms with Gasteiger partial charge in [-0.15, -0.1) is 0 Å². The van der Waals surface area contributed by atoms with E-state index in [9.17, 15) is 28.9 Å². The molecule has 0 amide bonds. The van der Waals surface area contributed by atoms with Gasteiger partial charge in [-0.1, -0.05) is 266 Å². The van der Waals surface area contributed by atoms with Crippen molar-refractivity contribution in [2.75, 3.05) is 26.4 Å². The molecule has 0 bridgehead atoms. The highest BCUT2D eigenvalue weighted by Gasteiger charge is 2.28. The predicted octanol–water partition coefficient (Wildman–Crippen LogP) is 21.4. The molecule has 84 heavy (non-hydrogen) atoms. The first-order chi connectivity index (χ1) is 41.2. The van der Waals surface area contributed by atoms with E-state index < -0.39 is 57.8 Å². The SMILES string of the molecule is CC/C=C\C/C=C\C/C=C\C/C=C\CCCCCCCCC(=O)OC(COC(=O)CCCCCCCCCCC/C=C\CCCCCCCC)COP(=O)(O)OCC(CO)OC(=O)CCCCCCCCCCC/C=C\C/C=C\CCCCC. The number of hydrogen-bond acceptors (Lipinski definition) is 10. The van der Waals surface area contributed by atoms with Gasteiger partial charge in [0.2, 0.25) is 0 Å². The number of phosphoric ester groups is 1. The number of hydrogen-bond donors (Lipinski definition) is 2. The number of carbonyl (C=O) groups is 3. The Morgan fingerprint density at radius 3 is 0.988 bits per heavy atom. The highest BCUT2D eigenvalue weighted by atomic mass is 31.2. The number of rotatable bonds is 64. The van der Waals surface area contributed by atoms with E-state index in [0.29, 0.717) is 19.3 Å². The van der Waals surface area contributed by atoms with Crippen LogP contribution in [0.3, 0.4) is 0 Å². The summed E-state index contributed by atoms with van der Waals surface area (Å²) in [6.07, 6.45) is 78.1. The fourth-order valence-corrected chi connectivity index (χ4v) is 10.3. The summed E-state index contributed by atoms with van der Waals surface area (Å²) in [5, 5.41) is 9.88. The molecule has 0 aliphatic heterocycles. The van der Waals surface area contributed by atoms with E-state index in [2.05, 4.69) is 106 Å². The predicted molar refractivity (Wildman–Crippen MR) is 353 cm³/mol. The lowest BCUT2D eigenvalue weighted by atomic mass is 10.1. The van der Waals surface area contributed by atoms with Crippen LogP contribution in [0, 0.1) is 0 Å². The third-order valence-electron chi connectivity index (χ3n) is 14.8. The molecule has 0 rings (SSSR count). The second kappa shape index (κ2) is 65.6. The van der Waals surface area contributed by atoms with Gasteiger partial charge in [-0.3, -0.25) is 23.4 Å². The molecule has 2 N–H and O–H groups in total. The Morgan fingerprint density at radius 2 is 0.619 bits per heavy atom. The number of allylic oxidation sites excluding steroid dienone is 14. The molecular weight excluding hydrogens is 1070 g/mol. The summed E-state index contributed by atoms with van der Waals surface area (Å²) < 4.78 is 39.8. The number of aliphatic hydroxyl groups is 1. The van der Waals surface area contributed by atoms with Gasteiger partial charge >= 0.3 is 25.7 Å². The van der Waals surface area contributed by atoms with E-state index in [1.807, 2.05) is 0 Å². The average Bonchev–Trinajstić information content (AvgIpc) is 3.53. The van der Waals surface area contributed by atoms with Gasteiger partial charge in [0, 0.05) is 19.3 Å². The molecule has 0 radical (unpaired) electrons. The normalized spacial score (nSPS) is 13.7. The minimum atomic E-state index is -4.77. The van der Waals surface area contributed by atoms with Crippen LogP contribution < -0.4 is 0 Å². The van der Waals surface area contributed by atoms with E-state index in [4.69, 9.17) is 23.3 Å². The highest BCUT2D eigenvalue weighted by Crippen LogP contribution is 2.43. The van der Waals surface area contributed by atoms with Crippen molar-refractivity contribution < 1.29 is 52.2 Å². The van der Waals surface area contributed by atoms with Crippen molar-refractivity contribution in [3.63, 3.8) is 0 Å². The molecule has 0 saturated heterocycles. The number of carbonyl (C=O) groups excluding carboxylic acids is 3. The molecule has 0 aliphatic carbocycles. The number of unbranched alkanes of at least 4 members (excludes halogenated alkanes) is 33. The zero-order valence-corrected chi connectivity index (χ0v) is 55.0. The molecule has 0 aromatic carbocycles. The molecule has 11 nitrogen and oxygen atoms in total. The fourth-order valence-electron chi connectivity index (χ4n) is 9.55. The van der Waals surface area contributed by atoms with Crippen LogP contribution in [0.4, 0.5) is 0 Å². The Bertz CT molecular complexity index is 1730. The molecule has 3 unspecified atom stereocenters. The topological polar surface area (TPSA) is 155 Å². The molecule has 0 saturated carbocycles. The lowest BCUT2D eigenvalue weighted by Crippen LogP contribution is -2.30. The van der Waals surface area contributed by atoms with Crippen molar-refractivity contribution in [2.24, 2.45) is 0 Å². The first-order valence-electron chi connectivity index (χ1n) is 34.5. The maximum Gasteiger partial charge on any atom is 0.472 e. The van der Waals surface area contributed by atoms with E-state index in [1.165, 1.54) is 141 Å². The van der Waals surface area contributed by atoms with E-state index in [1.54, 1.807) is 0 Å². The van der Waals surface area contributed by atoms with Crippen LogP contribution in [0.2, 0.25) is 0 Å². The summed E-state index contributed by atoms with van der Waals surface area (Å²) in [7, 11) is -4.77. The summed E-state index contributed by atoms with van der Waals surface area (Å²) in [6, 6.07) is 0. The largest absolute Gasteiger partial charge is 0.472 e. The van der Waals surface area contributed by atoms with Crippen molar-refractivity contribution in [3.05, 3.63) is 85.1 Å². The standard InChI is InChI=1S/C72H127O11P/c1-4-7-10-13-16-19-22-25-28-31-34-37-40-43-46-49-52-55-58-61-70(74)79-65-69(83-72(76)63-60-57-54-51-48-45-42-39-36-33-30-27-24-21-18-15-12-9-6-3)67-81-84(77,78)80-66-68(64-73)82-71(75)62-59-56-53-50-47-44-41-38-35-32-29-26-23-20-17-14-11-8-5-2/h9,12,17-18,20-21,25-30,36,39,68-69,73H,4-8,10-11,13-16,19,22-24,31-35,37-38,40-67H2,1-3H3,(H,77,78)/b12-9-,20-17-,21-18-,28-25-,29-26-,30-27-,39-36-. The fraction of sp³-hybridized carbons (Fsp3) is 0.764. The summed E-state index contributed by atoms with van der Waals surface area (Å²) in [5.41, 5.74) is 0. The van der Waals surface area contributed by atoms with Crippen LogP contribution in [0.5, 0.6) is 0 Å². The van der Waals surface area contributed by atoms with Crippen LogP contribution in [-0.4, -0.2) is 66.5 Å². The minimum absolute atomic E-state index is 0.149. The Labute approximate surface area is 515 Å². The monoisotopic (exact) mass is 1200 g/mol. The third-order valence-corrected chi connectivity index (χ3v) is 15.7. The molecule has 0 spiro atoms. The molecular formula is C72H127O11P. The number of phosphoric acid groups is 1. The molecule has 0 heterocycles. The van der Waals surface area contributed by atoms with Crippen molar-refractivity contribution in [2.45, 2.75) is 328 Å². The second-order valence-electron chi connectivity index (χ2n) is 23.0. The van der Waals surface area contributed by atoms with Crippen LogP contribution in [0.1, 0.15) is 316 Å². The summed E-state index contributed by atoms with van der Waals surface area (Å²) in [6.45, 7) is 4.54. The molecule has 3 atom stereocenters. The van der Waals surface area contributed by atoms with E-state index in [-0.39, 0.29) is 25.9 Å². The molecule has 0 aromatic heterocycles. The molecule has 0 fully saturated rings. The van der Waals surface area contributed by atoms with Gasteiger partial charge in [0.15, 0.2) is 6.10 Å². The molecule has 0 aliphatic rings. The minimum Gasteiger partial charge on any atom is -0.462 e. The summed E-state index contributed by atoms with van der Waals surface area (Å²) >= 11 is 0.